The van der Waals surface area contributed by atoms with Gasteiger partial charge in [-0.3, -0.25) is 4.79 Å². The van der Waals surface area contributed by atoms with Crippen LogP contribution in [0.3, 0.4) is 0 Å². The number of nitrogens with two attached hydrogens (primary N) is 1. The molecule has 0 aromatic heterocycles. The van der Waals surface area contributed by atoms with Crippen LogP contribution in [0.15, 0.2) is 18.2 Å². The fraction of sp³-hybridized carbons (Fsp3) is 0.500. The van der Waals surface area contributed by atoms with Crippen molar-refractivity contribution in [3.8, 4) is 11.5 Å². The highest BCUT2D eigenvalue weighted by Gasteiger charge is 2.43. The molecule has 0 spiro atoms. The molecule has 1 amide bonds. The second kappa shape index (κ2) is 5.30. The summed E-state index contributed by atoms with van der Waals surface area (Å²) in [7, 11) is 0. The third-order valence-electron chi connectivity index (χ3n) is 3.75. The smallest absolute Gasteiger partial charge is 0.240 e. The highest BCUT2D eigenvalue weighted by atomic mass is 16.3. The summed E-state index contributed by atoms with van der Waals surface area (Å²) in [6.45, 7) is 2.51. The van der Waals surface area contributed by atoms with Crippen molar-refractivity contribution in [2.75, 3.05) is 13.1 Å². The quantitative estimate of drug-likeness (QED) is 0.579. The Morgan fingerprint density at radius 2 is 2.05 bits per heavy atom. The SMILES string of the molecule is CCC1(O)CN(C(=O)[C@@H](N)Cc2ccc(O)c(O)c2)C1. The molecule has 0 radical (unpaired) electrons. The van der Waals surface area contributed by atoms with E-state index in [1.165, 1.54) is 17.0 Å². The predicted molar refractivity (Wildman–Crippen MR) is 73.3 cm³/mol. The van der Waals surface area contributed by atoms with Gasteiger partial charge in [-0.1, -0.05) is 13.0 Å². The number of nitrogens with zero attached hydrogens (tertiary/aromatic N) is 1. The van der Waals surface area contributed by atoms with Gasteiger partial charge in [-0.2, -0.15) is 0 Å². The Bertz CT molecular complexity index is 512. The Balaban J connectivity index is 1.93. The first kappa shape index (κ1) is 14.6. The van der Waals surface area contributed by atoms with E-state index in [-0.39, 0.29) is 23.8 Å². The van der Waals surface area contributed by atoms with Gasteiger partial charge < -0.3 is 26.0 Å². The molecule has 110 valence electrons. The van der Waals surface area contributed by atoms with Gasteiger partial charge in [-0.25, -0.2) is 0 Å². The van der Waals surface area contributed by atoms with Crippen molar-refractivity contribution in [2.24, 2.45) is 5.73 Å². The number of hydrogen-bond donors (Lipinski definition) is 4. The van der Waals surface area contributed by atoms with Crippen molar-refractivity contribution in [3.63, 3.8) is 0 Å². The molecule has 1 fully saturated rings. The average molecular weight is 280 g/mol. The molecule has 0 unspecified atom stereocenters. The maximum atomic E-state index is 12.1. The van der Waals surface area contributed by atoms with Crippen LogP contribution in [-0.4, -0.2) is 50.9 Å². The van der Waals surface area contributed by atoms with Gasteiger partial charge in [0, 0.05) is 0 Å². The standard InChI is InChI=1S/C14H20N2O4/c1-2-14(20)7-16(8-14)13(19)10(15)5-9-3-4-11(17)12(18)6-9/h3-4,6,10,17-18,20H,2,5,7-8,15H2,1H3/t10-/m0/s1. The molecule has 5 N–H and O–H groups in total. The molecule has 1 saturated heterocycles. The zero-order valence-corrected chi connectivity index (χ0v) is 11.4. The van der Waals surface area contributed by atoms with E-state index in [0.29, 0.717) is 25.1 Å². The van der Waals surface area contributed by atoms with Gasteiger partial charge in [-0.15, -0.1) is 0 Å². The van der Waals surface area contributed by atoms with Crippen molar-refractivity contribution < 1.29 is 20.1 Å². The first-order valence-electron chi connectivity index (χ1n) is 6.62. The number of carbonyl (C=O) groups is 1. The summed E-state index contributed by atoms with van der Waals surface area (Å²) in [5, 5.41) is 28.5. The lowest BCUT2D eigenvalue weighted by Crippen LogP contribution is -2.65. The van der Waals surface area contributed by atoms with E-state index in [9.17, 15) is 20.1 Å². The molecule has 20 heavy (non-hydrogen) atoms. The van der Waals surface area contributed by atoms with E-state index in [2.05, 4.69) is 0 Å². The minimum absolute atomic E-state index is 0.204. The first-order valence-corrected chi connectivity index (χ1v) is 6.62. The number of carbonyl (C=O) groups excluding carboxylic acids is 1. The number of β-amino-alcohol motifs (C(OH)–C–C–N with tert-alkyl or cyclic N) is 1. The molecule has 1 aliphatic rings. The maximum Gasteiger partial charge on any atom is 0.240 e. The van der Waals surface area contributed by atoms with E-state index < -0.39 is 11.6 Å². The summed E-state index contributed by atoms with van der Waals surface area (Å²) in [5.74, 6) is -0.647. The largest absolute Gasteiger partial charge is 0.504 e. The van der Waals surface area contributed by atoms with Crippen LogP contribution in [-0.2, 0) is 11.2 Å². The summed E-state index contributed by atoms with van der Waals surface area (Å²) in [4.78, 5) is 13.6. The van der Waals surface area contributed by atoms with Crippen molar-refractivity contribution in [1.82, 2.24) is 4.90 Å². The van der Waals surface area contributed by atoms with Gasteiger partial charge in [0.15, 0.2) is 11.5 Å². The van der Waals surface area contributed by atoms with E-state index in [1.807, 2.05) is 6.92 Å². The topological polar surface area (TPSA) is 107 Å². The third-order valence-corrected chi connectivity index (χ3v) is 3.75. The number of aromatic hydroxyl groups is 2. The van der Waals surface area contributed by atoms with Crippen LogP contribution in [0, 0.1) is 0 Å². The number of phenolic OH excluding ortho intramolecular Hbond substituents is 2. The average Bonchev–Trinajstić information content (AvgIpc) is 2.38. The van der Waals surface area contributed by atoms with Crippen molar-refractivity contribution >= 4 is 5.91 Å². The number of rotatable bonds is 4. The zero-order chi connectivity index (χ0) is 14.9. The zero-order valence-electron chi connectivity index (χ0n) is 11.4. The van der Waals surface area contributed by atoms with Crippen LogP contribution in [0.2, 0.25) is 0 Å². The number of phenols is 2. The molecule has 0 saturated carbocycles. The molecule has 1 atom stereocenters. The number of hydrogen-bond acceptors (Lipinski definition) is 5. The third kappa shape index (κ3) is 2.86. The second-order valence-electron chi connectivity index (χ2n) is 5.41. The summed E-state index contributed by atoms with van der Waals surface area (Å²) in [5.41, 5.74) is 5.76. The molecule has 1 aromatic rings. The molecular weight excluding hydrogens is 260 g/mol. The van der Waals surface area contributed by atoms with Crippen LogP contribution in [0.4, 0.5) is 0 Å². The van der Waals surface area contributed by atoms with Gasteiger partial charge in [0.25, 0.3) is 0 Å². The van der Waals surface area contributed by atoms with Crippen LogP contribution >= 0.6 is 0 Å². The lowest BCUT2D eigenvalue weighted by Gasteiger charge is -2.46. The van der Waals surface area contributed by atoms with Crippen LogP contribution in [0.25, 0.3) is 0 Å². The lowest BCUT2D eigenvalue weighted by atomic mass is 9.90. The van der Waals surface area contributed by atoms with E-state index >= 15 is 0 Å². The Labute approximate surface area is 117 Å². The highest BCUT2D eigenvalue weighted by molar-refractivity contribution is 5.83. The summed E-state index contributed by atoms with van der Waals surface area (Å²) in [6, 6.07) is 3.64. The predicted octanol–water partition coefficient (Wildman–Crippen LogP) is -0.0491. The number of aliphatic hydroxyl groups is 1. The maximum absolute atomic E-state index is 12.1. The second-order valence-corrected chi connectivity index (χ2v) is 5.41. The van der Waals surface area contributed by atoms with Crippen LogP contribution in [0.1, 0.15) is 18.9 Å². The van der Waals surface area contributed by atoms with Gasteiger partial charge >= 0.3 is 0 Å². The molecule has 6 heteroatoms. The van der Waals surface area contributed by atoms with Crippen molar-refractivity contribution in [3.05, 3.63) is 23.8 Å². The van der Waals surface area contributed by atoms with Crippen molar-refractivity contribution in [2.45, 2.75) is 31.4 Å². The van der Waals surface area contributed by atoms with Gasteiger partial charge in [0.05, 0.1) is 24.7 Å². The van der Waals surface area contributed by atoms with E-state index in [0.717, 1.165) is 0 Å². The summed E-state index contributed by atoms with van der Waals surface area (Å²) in [6.07, 6.45) is 0.881. The lowest BCUT2D eigenvalue weighted by molar-refractivity contribution is -0.157. The normalized spacial score (nSPS) is 18.4. The number of likely N-dealkylation sites (tertiary alicyclic amines) is 1. The van der Waals surface area contributed by atoms with E-state index in [4.69, 9.17) is 5.73 Å². The monoisotopic (exact) mass is 280 g/mol. The highest BCUT2D eigenvalue weighted by Crippen LogP contribution is 2.27. The summed E-state index contributed by atoms with van der Waals surface area (Å²) < 4.78 is 0. The Kier molecular flexibility index (Phi) is 3.87. The fourth-order valence-electron chi connectivity index (χ4n) is 2.32. The molecule has 1 aliphatic heterocycles. The Morgan fingerprint density at radius 3 is 2.60 bits per heavy atom. The summed E-state index contributed by atoms with van der Waals surface area (Å²) >= 11 is 0. The Hall–Kier alpha value is -1.79. The molecule has 2 rings (SSSR count). The molecule has 1 aromatic carbocycles. The Morgan fingerprint density at radius 1 is 1.40 bits per heavy atom. The van der Waals surface area contributed by atoms with Crippen LogP contribution in [0.5, 0.6) is 11.5 Å². The number of amides is 1. The minimum atomic E-state index is -0.772. The minimum Gasteiger partial charge on any atom is -0.504 e. The fourth-order valence-corrected chi connectivity index (χ4v) is 2.32. The molecular formula is C14H20N2O4. The van der Waals surface area contributed by atoms with Gasteiger partial charge in [-0.05, 0) is 30.5 Å². The van der Waals surface area contributed by atoms with Crippen LogP contribution < -0.4 is 5.73 Å². The van der Waals surface area contributed by atoms with E-state index in [1.54, 1.807) is 6.07 Å². The van der Waals surface area contributed by atoms with Gasteiger partial charge in [0.2, 0.25) is 5.91 Å². The van der Waals surface area contributed by atoms with Gasteiger partial charge in [0.1, 0.15) is 0 Å². The first-order chi connectivity index (χ1) is 9.34. The molecule has 0 bridgehead atoms. The molecule has 0 aliphatic carbocycles. The number of benzene rings is 1. The van der Waals surface area contributed by atoms with Crippen molar-refractivity contribution in [1.29, 1.82) is 0 Å². The molecule has 6 nitrogen and oxygen atoms in total. The molecule has 1 heterocycles.